The molecule has 0 aliphatic heterocycles. The van der Waals surface area contributed by atoms with Crippen LogP contribution < -0.4 is 11.2 Å². The fourth-order valence-corrected chi connectivity index (χ4v) is 5.00. The molecule has 1 amide bonds. The molecule has 0 unspecified atom stereocenters. The summed E-state index contributed by atoms with van der Waals surface area (Å²) in [6.07, 6.45) is 6.45. The van der Waals surface area contributed by atoms with Gasteiger partial charge in [-0.25, -0.2) is 10.1 Å². The molecule has 5 rings (SSSR count). The Morgan fingerprint density at radius 3 is 2.65 bits per heavy atom. The van der Waals surface area contributed by atoms with Gasteiger partial charge in [-0.05, 0) is 58.6 Å². The number of anilines is 1. The minimum atomic E-state index is -0.497. The Kier molecular flexibility index (Phi) is 6.17. The van der Waals surface area contributed by atoms with Crippen LogP contribution in [-0.2, 0) is 0 Å². The van der Waals surface area contributed by atoms with E-state index >= 15 is 0 Å². The van der Waals surface area contributed by atoms with Gasteiger partial charge in [-0.2, -0.15) is 9.78 Å². The predicted octanol–water partition coefficient (Wildman–Crippen LogP) is 4.16. The van der Waals surface area contributed by atoms with Crippen molar-refractivity contribution in [1.29, 1.82) is 0 Å². The molecule has 1 aliphatic carbocycles. The van der Waals surface area contributed by atoms with Gasteiger partial charge >= 0.3 is 0 Å². The van der Waals surface area contributed by atoms with Crippen LogP contribution in [0.25, 0.3) is 16.4 Å². The molecule has 3 N–H and O–H groups in total. The van der Waals surface area contributed by atoms with Crippen molar-refractivity contribution in [3.8, 4) is 16.4 Å². The highest BCUT2D eigenvalue weighted by Crippen LogP contribution is 2.33. The summed E-state index contributed by atoms with van der Waals surface area (Å²) in [6, 6.07) is 12.2. The molecule has 3 aromatic heterocycles. The van der Waals surface area contributed by atoms with Crippen molar-refractivity contribution in [3.05, 3.63) is 58.6 Å². The Bertz CT molecular complexity index is 1300. The van der Waals surface area contributed by atoms with Crippen molar-refractivity contribution in [1.82, 2.24) is 30.7 Å². The first-order chi connectivity index (χ1) is 16.6. The number of thiophene rings is 1. The first kappa shape index (κ1) is 22.0. The molecule has 1 aliphatic rings. The minimum Gasteiger partial charge on any atom is -0.378 e. The average Bonchev–Trinajstić information content (AvgIpc) is 3.63. The molecule has 0 saturated heterocycles. The highest BCUT2D eigenvalue weighted by atomic mass is 32.1. The third-order valence-electron chi connectivity index (χ3n) is 6.07. The lowest BCUT2D eigenvalue weighted by molar-refractivity contribution is 0.0950. The van der Waals surface area contributed by atoms with Crippen molar-refractivity contribution in [2.24, 2.45) is 5.10 Å². The first-order valence-electron chi connectivity index (χ1n) is 11.1. The second-order valence-electron chi connectivity index (χ2n) is 8.24. The third kappa shape index (κ3) is 4.34. The number of nitrogen functional groups attached to an aromatic ring is 1. The van der Waals surface area contributed by atoms with E-state index in [4.69, 9.17) is 5.73 Å². The number of nitrogens with zero attached hydrogens (tertiary/aromatic N) is 6. The monoisotopic (exact) mass is 476 g/mol. The van der Waals surface area contributed by atoms with Gasteiger partial charge in [0, 0.05) is 0 Å². The van der Waals surface area contributed by atoms with Gasteiger partial charge in [0.05, 0.1) is 10.6 Å². The zero-order chi connectivity index (χ0) is 23.5. The Morgan fingerprint density at radius 2 is 1.97 bits per heavy atom. The molecule has 174 valence electrons. The molecule has 1 saturated carbocycles. The number of hydrazone groups is 1. The molecule has 3 heterocycles. The standard InChI is InChI=1S/C23H24N8O2S/c1-14(15-9-11-17(12-10-15)16-6-3-2-4-7-16)25-27-23(32)19-20(18-8-5-13-34-18)31(30-26-19)22-21(24)28-33-29-22/h5,8-13,16H,2-4,6-7H2,1H3,(H2,24,28)(H,27,32). The van der Waals surface area contributed by atoms with Crippen LogP contribution in [0.5, 0.6) is 0 Å². The number of carbonyl (C=O) groups excluding carboxylic acids is 1. The van der Waals surface area contributed by atoms with Gasteiger partial charge in [-0.1, -0.05) is 54.8 Å². The predicted molar refractivity (Wildman–Crippen MR) is 129 cm³/mol. The van der Waals surface area contributed by atoms with Gasteiger partial charge in [0.15, 0.2) is 5.69 Å². The Hall–Kier alpha value is -3.86. The van der Waals surface area contributed by atoms with Crippen LogP contribution in [0.1, 0.15) is 66.6 Å². The second kappa shape index (κ2) is 9.56. The van der Waals surface area contributed by atoms with E-state index in [9.17, 15) is 4.79 Å². The molecule has 1 aromatic carbocycles. The first-order valence-corrected chi connectivity index (χ1v) is 12.0. The van der Waals surface area contributed by atoms with Crippen LogP contribution in [0.2, 0.25) is 0 Å². The molecule has 0 spiro atoms. The van der Waals surface area contributed by atoms with E-state index in [-0.39, 0.29) is 17.3 Å². The molecule has 34 heavy (non-hydrogen) atoms. The van der Waals surface area contributed by atoms with E-state index in [0.717, 1.165) is 10.4 Å². The number of hydrogen-bond acceptors (Lipinski definition) is 9. The summed E-state index contributed by atoms with van der Waals surface area (Å²) in [5, 5.41) is 21.7. The number of benzene rings is 1. The fourth-order valence-electron chi connectivity index (χ4n) is 4.24. The summed E-state index contributed by atoms with van der Waals surface area (Å²) >= 11 is 1.43. The van der Waals surface area contributed by atoms with E-state index in [2.05, 4.69) is 60.0 Å². The van der Waals surface area contributed by atoms with Crippen molar-refractivity contribution in [3.63, 3.8) is 0 Å². The Morgan fingerprint density at radius 1 is 1.18 bits per heavy atom. The van der Waals surface area contributed by atoms with Crippen LogP contribution in [0.4, 0.5) is 5.82 Å². The van der Waals surface area contributed by atoms with Crippen LogP contribution in [0, 0.1) is 0 Å². The lowest BCUT2D eigenvalue weighted by Gasteiger charge is -2.22. The number of carbonyl (C=O) groups is 1. The smallest absolute Gasteiger partial charge is 0.294 e. The van der Waals surface area contributed by atoms with Crippen LogP contribution >= 0.6 is 11.3 Å². The van der Waals surface area contributed by atoms with Gasteiger partial charge in [0.2, 0.25) is 11.6 Å². The maximum absolute atomic E-state index is 13.0. The molecular formula is C23H24N8O2S. The molecule has 0 atom stereocenters. The van der Waals surface area contributed by atoms with Crippen LogP contribution in [-0.4, -0.2) is 36.9 Å². The average molecular weight is 477 g/mol. The zero-order valence-corrected chi connectivity index (χ0v) is 19.5. The summed E-state index contributed by atoms with van der Waals surface area (Å²) in [6.45, 7) is 1.86. The highest BCUT2D eigenvalue weighted by Gasteiger charge is 2.25. The molecule has 11 heteroatoms. The van der Waals surface area contributed by atoms with Gasteiger partial charge in [0.1, 0.15) is 5.69 Å². The third-order valence-corrected chi connectivity index (χ3v) is 6.94. The van der Waals surface area contributed by atoms with Gasteiger partial charge in [-0.3, -0.25) is 4.79 Å². The maximum atomic E-state index is 13.0. The number of hydrogen-bond donors (Lipinski definition) is 2. The van der Waals surface area contributed by atoms with Gasteiger partial charge < -0.3 is 5.73 Å². The normalized spacial score (nSPS) is 14.9. The molecule has 4 aromatic rings. The van der Waals surface area contributed by atoms with E-state index in [1.165, 1.54) is 53.7 Å². The van der Waals surface area contributed by atoms with Crippen molar-refractivity contribution >= 4 is 28.8 Å². The number of rotatable bonds is 6. The van der Waals surface area contributed by atoms with Crippen molar-refractivity contribution in [2.45, 2.75) is 44.9 Å². The lowest BCUT2D eigenvalue weighted by atomic mass is 9.84. The van der Waals surface area contributed by atoms with E-state index in [0.29, 0.717) is 17.3 Å². The maximum Gasteiger partial charge on any atom is 0.294 e. The van der Waals surface area contributed by atoms with Crippen molar-refractivity contribution in [2.75, 3.05) is 5.73 Å². The largest absolute Gasteiger partial charge is 0.378 e. The molecule has 0 bridgehead atoms. The lowest BCUT2D eigenvalue weighted by Crippen LogP contribution is -2.20. The molecule has 0 radical (unpaired) electrons. The number of nitrogens with two attached hydrogens (primary N) is 1. The quantitative estimate of drug-likeness (QED) is 0.315. The highest BCUT2D eigenvalue weighted by molar-refractivity contribution is 7.13. The van der Waals surface area contributed by atoms with E-state index < -0.39 is 5.91 Å². The number of amides is 1. The fraction of sp³-hybridized carbons (Fsp3) is 0.304. The van der Waals surface area contributed by atoms with Crippen molar-refractivity contribution < 1.29 is 9.42 Å². The minimum absolute atomic E-state index is 0.0419. The van der Waals surface area contributed by atoms with Gasteiger partial charge in [-0.15, -0.1) is 16.4 Å². The molecular weight excluding hydrogens is 452 g/mol. The topological polar surface area (TPSA) is 137 Å². The molecule has 1 fully saturated rings. The Labute approximate surface area is 199 Å². The summed E-state index contributed by atoms with van der Waals surface area (Å²) in [5.74, 6) is 0.350. The summed E-state index contributed by atoms with van der Waals surface area (Å²) in [5.41, 5.74) is 12.0. The summed E-state index contributed by atoms with van der Waals surface area (Å²) in [7, 11) is 0. The second-order valence-corrected chi connectivity index (χ2v) is 9.19. The van der Waals surface area contributed by atoms with Crippen LogP contribution in [0.3, 0.4) is 0 Å². The van der Waals surface area contributed by atoms with E-state index in [1.807, 2.05) is 24.4 Å². The zero-order valence-electron chi connectivity index (χ0n) is 18.6. The van der Waals surface area contributed by atoms with Crippen LogP contribution in [0.15, 0.2) is 51.5 Å². The van der Waals surface area contributed by atoms with E-state index in [1.54, 1.807) is 0 Å². The summed E-state index contributed by atoms with van der Waals surface area (Å²) < 4.78 is 6.02. The SMILES string of the molecule is CC(=NNC(=O)c1nnn(-c2nonc2N)c1-c1cccs1)c1ccc(C2CCCCC2)cc1. The Balaban J connectivity index is 1.36. The molecule has 10 nitrogen and oxygen atoms in total. The number of aromatic nitrogens is 5. The van der Waals surface area contributed by atoms with Gasteiger partial charge in [0.25, 0.3) is 5.91 Å². The summed E-state index contributed by atoms with van der Waals surface area (Å²) in [4.78, 5) is 13.8. The number of nitrogens with one attached hydrogen (secondary N) is 1.